The molecule has 0 saturated heterocycles. The van der Waals surface area contributed by atoms with E-state index < -0.39 is 0 Å². The number of benzene rings is 1. The van der Waals surface area contributed by atoms with Gasteiger partial charge in [0.25, 0.3) is 5.91 Å². The van der Waals surface area contributed by atoms with Gasteiger partial charge in [-0.1, -0.05) is 24.3 Å². The summed E-state index contributed by atoms with van der Waals surface area (Å²) < 4.78 is 22.7. The number of pyridine rings is 1. The van der Waals surface area contributed by atoms with Gasteiger partial charge in [-0.05, 0) is 42.5 Å². The lowest BCUT2D eigenvalue weighted by Crippen LogP contribution is -2.38. The second kappa shape index (κ2) is 8.80. The maximum Gasteiger partial charge on any atom is 0.287 e. The van der Waals surface area contributed by atoms with Crippen LogP contribution in [0.1, 0.15) is 39.3 Å². The molecule has 1 N–H and O–H groups in total. The minimum atomic E-state index is -0.292. The van der Waals surface area contributed by atoms with Crippen molar-refractivity contribution in [2.24, 2.45) is 0 Å². The molecule has 7 heteroatoms. The van der Waals surface area contributed by atoms with Crippen molar-refractivity contribution in [2.45, 2.75) is 25.7 Å². The Labute approximate surface area is 185 Å². The van der Waals surface area contributed by atoms with Gasteiger partial charge in [0.05, 0.1) is 24.8 Å². The van der Waals surface area contributed by atoms with Crippen LogP contribution < -0.4 is 5.32 Å². The van der Waals surface area contributed by atoms with E-state index in [2.05, 4.69) is 19.8 Å². The van der Waals surface area contributed by atoms with E-state index in [4.69, 9.17) is 4.42 Å². The van der Waals surface area contributed by atoms with Crippen molar-refractivity contribution in [1.29, 1.82) is 0 Å². The van der Waals surface area contributed by atoms with Gasteiger partial charge in [-0.25, -0.2) is 4.39 Å². The molecule has 32 heavy (non-hydrogen) atoms. The van der Waals surface area contributed by atoms with Crippen molar-refractivity contribution in [1.82, 2.24) is 19.8 Å². The Morgan fingerprint density at radius 1 is 1.06 bits per heavy atom. The lowest BCUT2D eigenvalue weighted by atomic mass is 9.99. The summed E-state index contributed by atoms with van der Waals surface area (Å²) in [6, 6.07) is 19.7. The van der Waals surface area contributed by atoms with Gasteiger partial charge in [0, 0.05) is 36.7 Å². The molecule has 4 heterocycles. The topological polar surface area (TPSA) is 63.3 Å². The zero-order chi connectivity index (χ0) is 21.9. The van der Waals surface area contributed by atoms with Crippen LogP contribution in [0.15, 0.2) is 83.5 Å². The van der Waals surface area contributed by atoms with Crippen LogP contribution in [0.2, 0.25) is 0 Å². The quantitative estimate of drug-likeness (QED) is 0.499. The third-order valence-electron chi connectivity index (χ3n) is 5.74. The lowest BCUT2D eigenvalue weighted by Gasteiger charge is -2.37. The number of fused-ring (bicyclic) bond motifs is 1. The van der Waals surface area contributed by atoms with Crippen LogP contribution in [-0.2, 0) is 19.6 Å². The summed E-state index contributed by atoms with van der Waals surface area (Å²) in [6.45, 7) is 2.35. The number of nitrogens with zero attached hydrogens (tertiary/aromatic N) is 3. The van der Waals surface area contributed by atoms with Crippen LogP contribution in [0.3, 0.4) is 0 Å². The Hall–Kier alpha value is -3.71. The number of amides is 1. The molecule has 5 rings (SSSR count). The molecular formula is C25H23FN4O2. The number of carbonyl (C=O) groups is 1. The van der Waals surface area contributed by atoms with Crippen LogP contribution in [-0.4, -0.2) is 26.9 Å². The Balaban J connectivity index is 1.33. The first kappa shape index (κ1) is 20.2. The molecule has 0 aliphatic carbocycles. The van der Waals surface area contributed by atoms with Crippen LogP contribution in [0.25, 0.3) is 0 Å². The zero-order valence-corrected chi connectivity index (χ0v) is 17.4. The van der Waals surface area contributed by atoms with Crippen LogP contribution in [0, 0.1) is 5.82 Å². The number of hydrogen-bond donors (Lipinski definition) is 1. The van der Waals surface area contributed by atoms with Gasteiger partial charge in [-0.2, -0.15) is 0 Å². The summed E-state index contributed by atoms with van der Waals surface area (Å²) in [5, 5.41) is 2.82. The SMILES string of the molecule is O=C(NCc1ccccn1)c1ccc(CN2CCn3cccc3C2c2ccccc2F)o1. The number of furan rings is 1. The Kier molecular flexibility index (Phi) is 5.56. The summed E-state index contributed by atoms with van der Waals surface area (Å²) >= 11 is 0. The standard InChI is InChI=1S/C25H23FN4O2/c26-21-8-2-1-7-20(21)24-22-9-5-13-29(22)14-15-30(24)17-19-10-11-23(32-19)25(31)28-16-18-6-3-4-12-27-18/h1-13,24H,14-17H2,(H,28,31). The number of aromatic nitrogens is 2. The van der Waals surface area contributed by atoms with Crippen LogP contribution in [0.5, 0.6) is 0 Å². The van der Waals surface area contributed by atoms with Crippen molar-refractivity contribution in [2.75, 3.05) is 6.54 Å². The van der Waals surface area contributed by atoms with Gasteiger partial charge in [0.2, 0.25) is 0 Å². The second-order valence-electron chi connectivity index (χ2n) is 7.79. The van der Waals surface area contributed by atoms with E-state index in [1.54, 1.807) is 18.3 Å². The first-order chi connectivity index (χ1) is 15.7. The normalized spacial score (nSPS) is 16.0. The van der Waals surface area contributed by atoms with E-state index in [0.717, 1.165) is 24.5 Å². The average molecular weight is 430 g/mol. The van der Waals surface area contributed by atoms with E-state index >= 15 is 0 Å². The molecule has 162 valence electrons. The van der Waals surface area contributed by atoms with E-state index in [1.807, 2.05) is 54.7 Å². The zero-order valence-electron chi connectivity index (χ0n) is 17.4. The lowest BCUT2D eigenvalue weighted by molar-refractivity contribution is 0.0916. The molecule has 0 saturated carbocycles. The molecule has 0 radical (unpaired) electrons. The third kappa shape index (κ3) is 4.07. The third-order valence-corrected chi connectivity index (χ3v) is 5.74. The minimum Gasteiger partial charge on any atom is -0.455 e. The summed E-state index contributed by atoms with van der Waals surface area (Å²) in [7, 11) is 0. The van der Waals surface area contributed by atoms with Gasteiger partial charge >= 0.3 is 0 Å². The highest BCUT2D eigenvalue weighted by Gasteiger charge is 2.31. The first-order valence-electron chi connectivity index (χ1n) is 10.6. The summed E-state index contributed by atoms with van der Waals surface area (Å²) in [4.78, 5) is 18.9. The molecule has 1 unspecified atom stereocenters. The van der Waals surface area contributed by atoms with E-state index in [0.29, 0.717) is 24.4 Å². The maximum absolute atomic E-state index is 14.7. The fourth-order valence-corrected chi connectivity index (χ4v) is 4.20. The Bertz CT molecular complexity index is 1220. The van der Waals surface area contributed by atoms with Crippen molar-refractivity contribution in [3.05, 3.63) is 113 Å². The predicted molar refractivity (Wildman–Crippen MR) is 117 cm³/mol. The van der Waals surface area contributed by atoms with Gasteiger partial charge < -0.3 is 14.3 Å². The number of nitrogens with one attached hydrogen (secondary N) is 1. The monoisotopic (exact) mass is 430 g/mol. The molecule has 3 aromatic heterocycles. The van der Waals surface area contributed by atoms with Crippen molar-refractivity contribution in [3.8, 4) is 0 Å². The van der Waals surface area contributed by atoms with E-state index in [9.17, 15) is 9.18 Å². The van der Waals surface area contributed by atoms with Gasteiger partial charge in [0.1, 0.15) is 11.6 Å². The molecule has 0 bridgehead atoms. The number of rotatable bonds is 6. The number of halogens is 1. The molecule has 1 aliphatic heterocycles. The van der Waals surface area contributed by atoms with Crippen molar-refractivity contribution >= 4 is 5.91 Å². The highest BCUT2D eigenvalue weighted by Crippen LogP contribution is 2.34. The Morgan fingerprint density at radius 2 is 1.94 bits per heavy atom. The molecule has 1 aliphatic rings. The Morgan fingerprint density at radius 3 is 2.78 bits per heavy atom. The van der Waals surface area contributed by atoms with E-state index in [1.165, 1.54) is 6.07 Å². The molecule has 0 fully saturated rings. The molecule has 1 amide bonds. The predicted octanol–water partition coefficient (Wildman–Crippen LogP) is 4.15. The van der Waals surface area contributed by atoms with Crippen LogP contribution in [0.4, 0.5) is 4.39 Å². The molecule has 4 aromatic rings. The van der Waals surface area contributed by atoms with Crippen LogP contribution >= 0.6 is 0 Å². The summed E-state index contributed by atoms with van der Waals surface area (Å²) in [5.41, 5.74) is 2.45. The molecule has 0 spiro atoms. The fourth-order valence-electron chi connectivity index (χ4n) is 4.20. The van der Waals surface area contributed by atoms with E-state index in [-0.39, 0.29) is 23.5 Å². The van der Waals surface area contributed by atoms with Gasteiger partial charge in [0.15, 0.2) is 5.76 Å². The summed E-state index contributed by atoms with van der Waals surface area (Å²) in [6.07, 6.45) is 3.71. The number of hydrogen-bond acceptors (Lipinski definition) is 4. The highest BCUT2D eigenvalue weighted by atomic mass is 19.1. The second-order valence-corrected chi connectivity index (χ2v) is 7.79. The summed E-state index contributed by atoms with van der Waals surface area (Å²) in [5.74, 6) is 0.388. The van der Waals surface area contributed by atoms with Gasteiger partial charge in [-0.3, -0.25) is 14.7 Å². The van der Waals surface area contributed by atoms with Crippen molar-refractivity contribution in [3.63, 3.8) is 0 Å². The minimum absolute atomic E-state index is 0.230. The molecule has 1 aromatic carbocycles. The average Bonchev–Trinajstić information content (AvgIpc) is 3.48. The first-order valence-corrected chi connectivity index (χ1v) is 10.6. The largest absolute Gasteiger partial charge is 0.455 e. The maximum atomic E-state index is 14.7. The molecular weight excluding hydrogens is 407 g/mol. The molecule has 6 nitrogen and oxygen atoms in total. The van der Waals surface area contributed by atoms with Gasteiger partial charge in [-0.15, -0.1) is 0 Å². The van der Waals surface area contributed by atoms with Crippen molar-refractivity contribution < 1.29 is 13.6 Å². The highest BCUT2D eigenvalue weighted by molar-refractivity contribution is 5.91. The molecule has 1 atom stereocenters. The smallest absolute Gasteiger partial charge is 0.287 e. The number of carbonyl (C=O) groups excluding carboxylic acids is 1. The fraction of sp³-hybridized carbons (Fsp3) is 0.200.